The number of esters is 1. The molecule has 1 aliphatic heterocycles. The van der Waals surface area contributed by atoms with Gasteiger partial charge in [-0.1, -0.05) is 6.42 Å². The summed E-state index contributed by atoms with van der Waals surface area (Å²) in [6, 6.07) is 0. The first-order valence-electron chi connectivity index (χ1n) is 6.59. The van der Waals surface area contributed by atoms with Crippen molar-refractivity contribution >= 4 is 11.9 Å². The zero-order valence-electron chi connectivity index (χ0n) is 11.3. The van der Waals surface area contributed by atoms with E-state index < -0.39 is 5.60 Å². The van der Waals surface area contributed by atoms with Crippen molar-refractivity contribution in [3.05, 3.63) is 0 Å². The molecule has 0 radical (unpaired) electrons. The predicted molar refractivity (Wildman–Crippen MR) is 66.4 cm³/mol. The van der Waals surface area contributed by atoms with Gasteiger partial charge in [-0.3, -0.25) is 15.0 Å². The SMILES string of the molecule is CC(C)(C)OC(=O)C1CCCC2(CC(=O)NN2)C1. The highest BCUT2D eigenvalue weighted by Gasteiger charge is 2.44. The largest absolute Gasteiger partial charge is 0.460 e. The minimum absolute atomic E-state index is 0.0137. The van der Waals surface area contributed by atoms with Gasteiger partial charge >= 0.3 is 5.97 Å². The summed E-state index contributed by atoms with van der Waals surface area (Å²) in [5, 5.41) is 0. The standard InChI is InChI=1S/C13H22N2O3/c1-12(2,3)18-11(17)9-5-4-6-13(7-9)8-10(16)14-15-13/h9,15H,4-8H2,1-3H3,(H,14,16). The first-order valence-corrected chi connectivity index (χ1v) is 6.59. The summed E-state index contributed by atoms with van der Waals surface area (Å²) in [4.78, 5) is 23.4. The van der Waals surface area contributed by atoms with E-state index in [0.29, 0.717) is 12.8 Å². The van der Waals surface area contributed by atoms with Crippen molar-refractivity contribution in [3.8, 4) is 0 Å². The Morgan fingerprint density at radius 2 is 2.17 bits per heavy atom. The highest BCUT2D eigenvalue weighted by molar-refractivity contribution is 5.79. The summed E-state index contributed by atoms with van der Waals surface area (Å²) in [6.45, 7) is 5.63. The van der Waals surface area contributed by atoms with Crippen molar-refractivity contribution in [2.24, 2.45) is 5.92 Å². The van der Waals surface area contributed by atoms with Crippen LogP contribution in [0.4, 0.5) is 0 Å². The Bertz CT molecular complexity index is 362. The molecule has 5 nitrogen and oxygen atoms in total. The molecule has 0 bridgehead atoms. The Morgan fingerprint density at radius 1 is 1.44 bits per heavy atom. The van der Waals surface area contributed by atoms with Crippen LogP contribution in [0.1, 0.15) is 52.9 Å². The van der Waals surface area contributed by atoms with E-state index in [2.05, 4.69) is 10.9 Å². The zero-order chi connectivity index (χ0) is 13.4. The molecule has 2 rings (SSSR count). The predicted octanol–water partition coefficient (Wildman–Crippen LogP) is 1.28. The molecule has 1 saturated carbocycles. The number of ether oxygens (including phenoxy) is 1. The van der Waals surface area contributed by atoms with E-state index in [1.165, 1.54) is 0 Å². The molecule has 2 atom stereocenters. The third-order valence-electron chi connectivity index (χ3n) is 3.55. The third-order valence-corrected chi connectivity index (χ3v) is 3.55. The molecule has 1 aliphatic carbocycles. The van der Waals surface area contributed by atoms with Crippen LogP contribution >= 0.6 is 0 Å². The van der Waals surface area contributed by atoms with E-state index in [1.54, 1.807) is 0 Å². The van der Waals surface area contributed by atoms with E-state index in [4.69, 9.17) is 4.74 Å². The summed E-state index contributed by atoms with van der Waals surface area (Å²) in [7, 11) is 0. The second-order valence-electron chi connectivity index (χ2n) is 6.46. The highest BCUT2D eigenvalue weighted by Crippen LogP contribution is 2.37. The van der Waals surface area contributed by atoms with Gasteiger partial charge in [-0.05, 0) is 40.0 Å². The Labute approximate surface area is 108 Å². The molecular formula is C13H22N2O3. The van der Waals surface area contributed by atoms with Gasteiger partial charge in [0.15, 0.2) is 0 Å². The quantitative estimate of drug-likeness (QED) is 0.692. The van der Waals surface area contributed by atoms with Gasteiger partial charge in [0, 0.05) is 12.0 Å². The van der Waals surface area contributed by atoms with Crippen molar-refractivity contribution in [3.63, 3.8) is 0 Å². The molecule has 1 saturated heterocycles. The fourth-order valence-corrected chi connectivity index (χ4v) is 2.82. The molecule has 1 spiro atoms. The topological polar surface area (TPSA) is 67.4 Å². The van der Waals surface area contributed by atoms with Gasteiger partial charge < -0.3 is 4.74 Å². The average Bonchev–Trinajstić information content (AvgIpc) is 2.57. The van der Waals surface area contributed by atoms with Crippen LogP contribution in [0.25, 0.3) is 0 Å². The van der Waals surface area contributed by atoms with Crippen molar-refractivity contribution in [1.82, 2.24) is 10.9 Å². The number of hydrogen-bond donors (Lipinski definition) is 2. The van der Waals surface area contributed by atoms with Crippen LogP contribution in [-0.4, -0.2) is 23.0 Å². The molecule has 2 fully saturated rings. The Morgan fingerprint density at radius 3 is 2.72 bits per heavy atom. The molecule has 0 aromatic heterocycles. The van der Waals surface area contributed by atoms with Gasteiger partial charge in [0.25, 0.3) is 0 Å². The summed E-state index contributed by atoms with van der Waals surface area (Å²) in [6.07, 6.45) is 3.89. The minimum Gasteiger partial charge on any atom is -0.460 e. The van der Waals surface area contributed by atoms with Crippen molar-refractivity contribution in [2.75, 3.05) is 0 Å². The van der Waals surface area contributed by atoms with Crippen LogP contribution in [0, 0.1) is 5.92 Å². The molecule has 2 aliphatic rings. The summed E-state index contributed by atoms with van der Waals surface area (Å²) >= 11 is 0. The fourth-order valence-electron chi connectivity index (χ4n) is 2.82. The van der Waals surface area contributed by atoms with Crippen LogP contribution in [0.15, 0.2) is 0 Å². The fraction of sp³-hybridized carbons (Fsp3) is 0.846. The van der Waals surface area contributed by atoms with Gasteiger partial charge in [0.05, 0.1) is 5.92 Å². The van der Waals surface area contributed by atoms with E-state index in [-0.39, 0.29) is 23.3 Å². The molecular weight excluding hydrogens is 232 g/mol. The summed E-state index contributed by atoms with van der Waals surface area (Å²) in [5.74, 6) is -0.222. The van der Waals surface area contributed by atoms with Gasteiger partial charge in [0.2, 0.25) is 5.91 Å². The van der Waals surface area contributed by atoms with Crippen molar-refractivity contribution in [2.45, 2.75) is 64.0 Å². The van der Waals surface area contributed by atoms with Crippen LogP contribution < -0.4 is 10.9 Å². The lowest BCUT2D eigenvalue weighted by Gasteiger charge is -2.36. The van der Waals surface area contributed by atoms with Crippen LogP contribution in [0.5, 0.6) is 0 Å². The average molecular weight is 254 g/mol. The smallest absolute Gasteiger partial charge is 0.309 e. The number of carbonyl (C=O) groups is 2. The molecule has 1 heterocycles. The van der Waals surface area contributed by atoms with Crippen LogP contribution in [0.2, 0.25) is 0 Å². The molecule has 2 N–H and O–H groups in total. The Hall–Kier alpha value is -1.10. The third kappa shape index (κ3) is 3.02. The van der Waals surface area contributed by atoms with Gasteiger partial charge in [-0.25, -0.2) is 5.43 Å². The van der Waals surface area contributed by atoms with E-state index in [1.807, 2.05) is 20.8 Å². The number of carbonyl (C=O) groups excluding carboxylic acids is 2. The van der Waals surface area contributed by atoms with Gasteiger partial charge in [0.1, 0.15) is 5.60 Å². The van der Waals surface area contributed by atoms with Gasteiger partial charge in [-0.2, -0.15) is 0 Å². The van der Waals surface area contributed by atoms with Crippen LogP contribution in [-0.2, 0) is 14.3 Å². The van der Waals surface area contributed by atoms with E-state index in [9.17, 15) is 9.59 Å². The zero-order valence-corrected chi connectivity index (χ0v) is 11.3. The molecule has 1 amide bonds. The number of hydrazine groups is 1. The number of hydrogen-bond acceptors (Lipinski definition) is 4. The Kier molecular flexibility index (Phi) is 3.36. The lowest BCUT2D eigenvalue weighted by atomic mass is 9.75. The Balaban J connectivity index is 1.99. The van der Waals surface area contributed by atoms with E-state index >= 15 is 0 Å². The lowest BCUT2D eigenvalue weighted by Crippen LogP contribution is -2.49. The molecule has 18 heavy (non-hydrogen) atoms. The molecule has 0 aromatic carbocycles. The first kappa shape index (κ1) is 13.3. The second-order valence-corrected chi connectivity index (χ2v) is 6.46. The van der Waals surface area contributed by atoms with Crippen molar-refractivity contribution < 1.29 is 14.3 Å². The minimum atomic E-state index is -0.446. The normalized spacial score (nSPS) is 32.4. The highest BCUT2D eigenvalue weighted by atomic mass is 16.6. The number of rotatable bonds is 1. The van der Waals surface area contributed by atoms with E-state index in [0.717, 1.165) is 19.3 Å². The maximum Gasteiger partial charge on any atom is 0.309 e. The van der Waals surface area contributed by atoms with Crippen molar-refractivity contribution in [1.29, 1.82) is 0 Å². The maximum absolute atomic E-state index is 12.1. The summed E-state index contributed by atoms with van der Waals surface area (Å²) in [5.41, 5.74) is 5.02. The van der Waals surface area contributed by atoms with Crippen LogP contribution in [0.3, 0.4) is 0 Å². The molecule has 2 unspecified atom stereocenters. The lowest BCUT2D eigenvalue weighted by molar-refractivity contribution is -0.162. The summed E-state index contributed by atoms with van der Waals surface area (Å²) < 4.78 is 5.43. The first-order chi connectivity index (χ1) is 8.30. The molecule has 102 valence electrons. The number of nitrogens with one attached hydrogen (secondary N) is 2. The maximum atomic E-state index is 12.1. The second kappa shape index (κ2) is 4.53. The molecule has 0 aromatic rings. The monoisotopic (exact) mass is 254 g/mol. The molecule has 5 heteroatoms. The van der Waals surface area contributed by atoms with Gasteiger partial charge in [-0.15, -0.1) is 0 Å². The number of amides is 1.